The Morgan fingerprint density at radius 2 is 1.77 bits per heavy atom. The van der Waals surface area contributed by atoms with Gasteiger partial charge in [0, 0.05) is 34.7 Å². The Morgan fingerprint density at radius 1 is 1.00 bits per heavy atom. The molecule has 330 valence electrons. The molecule has 2 aromatic heterocycles. The number of sulfonamides is 1. The smallest absolute Gasteiger partial charge is 0.408 e. The van der Waals surface area contributed by atoms with Gasteiger partial charge in [0.25, 0.3) is 5.91 Å². The Balaban J connectivity index is 1.08. The molecule has 4 amide bonds. The summed E-state index contributed by atoms with van der Waals surface area (Å²) in [5, 5.41) is 6.15. The highest BCUT2D eigenvalue weighted by molar-refractivity contribution is 7.91. The number of halogens is 1. The summed E-state index contributed by atoms with van der Waals surface area (Å²) in [6.45, 7) is 4.08. The van der Waals surface area contributed by atoms with E-state index in [1.807, 2.05) is 38.1 Å². The van der Waals surface area contributed by atoms with Gasteiger partial charge in [0.05, 0.1) is 23.9 Å². The molecule has 4 fully saturated rings. The average Bonchev–Trinajstić information content (AvgIpc) is 4.05. The minimum atomic E-state index is -3.94. The number of amides is 4. The van der Waals surface area contributed by atoms with Crippen LogP contribution in [0.3, 0.4) is 0 Å². The van der Waals surface area contributed by atoms with Crippen molar-refractivity contribution in [3.63, 3.8) is 0 Å². The number of nitrogens with one attached hydrogen (secondary N) is 3. The molecule has 4 aromatic rings. The fourth-order valence-corrected chi connectivity index (χ4v) is 10.7. The molecule has 3 saturated carbocycles. The van der Waals surface area contributed by atoms with Crippen molar-refractivity contribution in [1.82, 2.24) is 25.2 Å². The normalized spacial score (nSPS) is 26.6. The summed E-state index contributed by atoms with van der Waals surface area (Å²) in [5.41, 5.74) is 0.689. The number of rotatable bonds is 9. The van der Waals surface area contributed by atoms with E-state index in [1.54, 1.807) is 6.07 Å². The third-order valence-corrected chi connectivity index (χ3v) is 14.8. The molecular weight excluding hydrogens is 822 g/mol. The van der Waals surface area contributed by atoms with Crippen LogP contribution in [0, 0.1) is 18.7 Å². The zero-order valence-electron chi connectivity index (χ0n) is 34.9. The zero-order valence-corrected chi connectivity index (χ0v) is 35.7. The van der Waals surface area contributed by atoms with Crippen LogP contribution in [0.1, 0.15) is 96.0 Å². The first-order valence-electron chi connectivity index (χ1n) is 21.9. The molecule has 3 N–H and O–H groups in total. The van der Waals surface area contributed by atoms with Crippen LogP contribution in [0.2, 0.25) is 0 Å². The van der Waals surface area contributed by atoms with Crippen LogP contribution in [0.4, 0.5) is 9.18 Å². The number of hydrogen-bond donors (Lipinski definition) is 3. The van der Waals surface area contributed by atoms with Gasteiger partial charge in [0.2, 0.25) is 21.8 Å². The van der Waals surface area contributed by atoms with Gasteiger partial charge in [-0.1, -0.05) is 25.0 Å². The lowest BCUT2D eigenvalue weighted by Gasteiger charge is -2.30. The molecule has 15 nitrogen and oxygen atoms in total. The van der Waals surface area contributed by atoms with Crippen LogP contribution in [0.25, 0.3) is 33.0 Å². The monoisotopic (exact) mass is 873 g/mol. The average molecular weight is 874 g/mol. The highest BCUT2D eigenvalue weighted by Crippen LogP contribution is 2.47. The summed E-state index contributed by atoms with van der Waals surface area (Å²) in [5.74, 6) is -2.13. The minimum Gasteiger partial charge on any atom is -0.493 e. The molecule has 4 heterocycles. The molecule has 0 spiro atoms. The lowest BCUT2D eigenvalue weighted by atomic mass is 10.0. The molecule has 2 aliphatic heterocycles. The molecule has 9 rings (SSSR count). The number of fused-ring (bicyclic) bond motifs is 6. The number of alkyl carbamates (subject to hydrolysis) is 1. The Morgan fingerprint density at radius 3 is 2.55 bits per heavy atom. The number of aromatic nitrogens is 1. The summed E-state index contributed by atoms with van der Waals surface area (Å²) in [7, 11) is -3.94. The van der Waals surface area contributed by atoms with E-state index in [0.29, 0.717) is 65.4 Å². The Labute approximate surface area is 358 Å². The second kappa shape index (κ2) is 16.7. The number of pyridine rings is 1. The van der Waals surface area contributed by atoms with E-state index in [2.05, 4.69) is 15.4 Å². The van der Waals surface area contributed by atoms with Gasteiger partial charge in [0.1, 0.15) is 52.5 Å². The first kappa shape index (κ1) is 41.9. The van der Waals surface area contributed by atoms with E-state index in [9.17, 15) is 32.0 Å². The van der Waals surface area contributed by atoms with E-state index < -0.39 is 74.5 Å². The molecular formula is C45H52FN5O10S. The van der Waals surface area contributed by atoms with Gasteiger partial charge in [-0.05, 0) is 102 Å². The highest BCUT2D eigenvalue weighted by atomic mass is 32.2. The number of carbonyl (C=O) groups excluding carboxylic acids is 4. The van der Waals surface area contributed by atoms with E-state index in [0.717, 1.165) is 44.1 Å². The number of furan rings is 1. The molecule has 0 unspecified atom stereocenters. The summed E-state index contributed by atoms with van der Waals surface area (Å²) in [6.07, 6.45) is 9.48. The van der Waals surface area contributed by atoms with Crippen molar-refractivity contribution in [1.29, 1.82) is 0 Å². The standard InChI is InChI=1S/C45H52FN5O10S/c1-3-58-36-20-19-32-37-40(61-38(32)25(36)2)39(31-18-15-27(46)21-34(31)47-37)59-29-22-35-41(52)49-45(43(54)50-62(56,57)30-16-17-30)23-26(45)11-7-5-4-6-8-14-33(42(53)51(35)24-29)48-44(55)60-28-12-9-10-13-28/h7,11,15,18-21,26,28-30,33,35H,3-6,8-10,12-14,16-17,22-24H2,1-2H3,(H,48,55)(H,49,52)(H,50,54)/b11-7-/t26-,29+,33-,35-,45+/m0/s1. The topological polar surface area (TPSA) is 195 Å². The first-order chi connectivity index (χ1) is 29.8. The van der Waals surface area contributed by atoms with Crippen LogP contribution in [-0.4, -0.2) is 90.3 Å². The van der Waals surface area contributed by atoms with Gasteiger partial charge < -0.3 is 34.2 Å². The molecule has 3 aliphatic carbocycles. The maximum Gasteiger partial charge on any atom is 0.408 e. The van der Waals surface area contributed by atoms with Crippen molar-refractivity contribution in [3.8, 4) is 11.5 Å². The second-order valence-electron chi connectivity index (χ2n) is 17.4. The Bertz CT molecular complexity index is 2590. The van der Waals surface area contributed by atoms with Gasteiger partial charge in [-0.25, -0.2) is 22.6 Å². The van der Waals surface area contributed by atoms with Gasteiger partial charge in [0.15, 0.2) is 11.3 Å². The second-order valence-corrected chi connectivity index (χ2v) is 19.3. The van der Waals surface area contributed by atoms with E-state index in [1.165, 1.54) is 17.0 Å². The minimum absolute atomic E-state index is 0.0460. The molecule has 17 heteroatoms. The van der Waals surface area contributed by atoms with Crippen molar-refractivity contribution < 1.29 is 50.6 Å². The number of benzene rings is 2. The van der Waals surface area contributed by atoms with Gasteiger partial charge in [-0.2, -0.15) is 0 Å². The van der Waals surface area contributed by atoms with Gasteiger partial charge in [-0.15, -0.1) is 0 Å². The number of hydrogen-bond acceptors (Lipinski definition) is 11. The van der Waals surface area contributed by atoms with Crippen molar-refractivity contribution in [2.24, 2.45) is 5.92 Å². The molecule has 5 atom stereocenters. The van der Waals surface area contributed by atoms with Gasteiger partial charge in [-0.3, -0.25) is 19.1 Å². The SMILES string of the molecule is CCOc1ccc2c(oc3c(O[C@@H]4C[C@H]5C(=O)N[C@]6(C(=O)NS(=O)(=O)C7CC7)C[C@@H]6/C=C\CCCCC[C@H](NC(=O)OC6CCCC6)C(=O)N5C4)c4ccc(F)cc4nc32)c1C. The van der Waals surface area contributed by atoms with Crippen LogP contribution in [0.15, 0.2) is 46.9 Å². The molecule has 0 radical (unpaired) electrons. The fraction of sp³-hybridized carbons (Fsp3) is 0.533. The van der Waals surface area contributed by atoms with Crippen LogP contribution >= 0.6 is 0 Å². The van der Waals surface area contributed by atoms with Crippen LogP contribution in [0.5, 0.6) is 11.5 Å². The number of aryl methyl sites for hydroxylation is 1. The Hall–Kier alpha value is -5.45. The van der Waals surface area contributed by atoms with Crippen LogP contribution < -0.4 is 24.8 Å². The van der Waals surface area contributed by atoms with Crippen molar-refractivity contribution in [3.05, 3.63) is 53.9 Å². The molecule has 62 heavy (non-hydrogen) atoms. The number of nitrogens with zero attached hydrogens (tertiary/aromatic N) is 2. The molecule has 2 aromatic carbocycles. The maximum atomic E-state index is 14.8. The number of ether oxygens (including phenoxy) is 3. The number of allylic oxidation sites excluding steroid dienone is 1. The molecule has 0 bridgehead atoms. The third-order valence-electron chi connectivity index (χ3n) is 13.0. The Kier molecular flexibility index (Phi) is 11.3. The van der Waals surface area contributed by atoms with E-state index >= 15 is 0 Å². The molecule has 1 saturated heterocycles. The largest absolute Gasteiger partial charge is 0.493 e. The van der Waals surface area contributed by atoms with Crippen LogP contribution in [-0.2, 0) is 29.1 Å². The summed E-state index contributed by atoms with van der Waals surface area (Å²) < 4.78 is 67.8. The fourth-order valence-electron chi connectivity index (χ4n) is 9.34. The first-order valence-corrected chi connectivity index (χ1v) is 23.5. The summed E-state index contributed by atoms with van der Waals surface area (Å²) >= 11 is 0. The van der Waals surface area contributed by atoms with Crippen molar-refractivity contribution in [2.75, 3.05) is 13.2 Å². The van der Waals surface area contributed by atoms with E-state index in [-0.39, 0.29) is 43.2 Å². The number of carbonyl (C=O) groups is 4. The third kappa shape index (κ3) is 8.15. The van der Waals surface area contributed by atoms with E-state index in [4.69, 9.17) is 23.6 Å². The predicted molar refractivity (Wildman–Crippen MR) is 226 cm³/mol. The summed E-state index contributed by atoms with van der Waals surface area (Å²) in [6, 6.07) is 5.53. The lowest BCUT2D eigenvalue weighted by Crippen LogP contribution is -2.58. The van der Waals surface area contributed by atoms with Crippen molar-refractivity contribution >= 4 is 66.8 Å². The predicted octanol–water partition coefficient (Wildman–Crippen LogP) is 6.37. The summed E-state index contributed by atoms with van der Waals surface area (Å²) in [4.78, 5) is 62.9. The van der Waals surface area contributed by atoms with Gasteiger partial charge >= 0.3 is 6.09 Å². The highest BCUT2D eigenvalue weighted by Gasteiger charge is 2.62. The van der Waals surface area contributed by atoms with Crippen molar-refractivity contribution in [2.45, 2.75) is 132 Å². The quantitative estimate of drug-likeness (QED) is 0.158. The lowest BCUT2D eigenvalue weighted by molar-refractivity contribution is -0.141. The zero-order chi connectivity index (χ0) is 43.3. The maximum absolute atomic E-state index is 14.8. The molecule has 5 aliphatic rings.